The second-order valence-corrected chi connectivity index (χ2v) is 5.25. The van der Waals surface area contributed by atoms with Crippen LogP contribution in [0.15, 0.2) is 0 Å². The molecule has 8 heteroatoms. The molecule has 0 heterocycles. The molecule has 0 aliphatic heterocycles. The lowest BCUT2D eigenvalue weighted by atomic mass is 10.7. The summed E-state index contributed by atoms with van der Waals surface area (Å²) in [5, 5.41) is 0. The Balaban J connectivity index is 3.77. The number of carbonyl (C=O) groups excluding carboxylic acids is 1. The van der Waals surface area contributed by atoms with Crippen molar-refractivity contribution in [2.24, 2.45) is 0 Å². The van der Waals surface area contributed by atoms with Gasteiger partial charge >= 0.3 is 7.82 Å². The number of carbonyl (C=O) groups is 1. The molecule has 0 saturated carbocycles. The first-order chi connectivity index (χ1) is 6.77. The number of quaternary nitrogens is 1. The van der Waals surface area contributed by atoms with Crippen LogP contribution in [0.25, 0.3) is 0 Å². The maximum Gasteiger partial charge on any atom is 0.478 e. The number of nitrogens with zero attached hydrogens (tertiary/aromatic N) is 1. The molecule has 0 rings (SSSR count). The van der Waals surface area contributed by atoms with E-state index < -0.39 is 14.6 Å². The van der Waals surface area contributed by atoms with Gasteiger partial charge in [-0.1, -0.05) is 0 Å². The van der Waals surface area contributed by atoms with Crippen LogP contribution in [0.2, 0.25) is 0 Å². The van der Waals surface area contributed by atoms with Crippen LogP contribution in [0.1, 0.15) is 0 Å². The van der Waals surface area contributed by atoms with Gasteiger partial charge < -0.3 is 18.9 Å². The first-order valence-electron chi connectivity index (χ1n) is 4.20. The summed E-state index contributed by atoms with van der Waals surface area (Å²) >= 11 is 0. The van der Waals surface area contributed by atoms with Crippen molar-refractivity contribution < 1.29 is 32.5 Å². The maximum atomic E-state index is 11.2. The van der Waals surface area contributed by atoms with Crippen LogP contribution in [0.4, 0.5) is 0 Å². The molecule has 0 aromatic rings. The fourth-order valence-corrected chi connectivity index (χ4v) is 1.26. The van der Waals surface area contributed by atoms with E-state index in [0.717, 1.165) is 0 Å². The number of hydrogen-bond donors (Lipinski definition) is 1. The Hall–Kier alpha value is -0.300. The molecule has 0 spiro atoms. The molecule has 0 aliphatic carbocycles. The molecule has 1 N–H and O–H groups in total. The first-order valence-corrected chi connectivity index (χ1v) is 5.70. The number of phosphoric ester groups is 1. The van der Waals surface area contributed by atoms with Crippen molar-refractivity contribution in [2.45, 2.75) is 0 Å². The molecular formula is C7H17NO6P+. The molecule has 15 heavy (non-hydrogen) atoms. The van der Waals surface area contributed by atoms with E-state index in [-0.39, 0.29) is 13.3 Å². The zero-order chi connectivity index (χ0) is 11.9. The topological polar surface area (TPSA) is 82.1 Å². The zero-order valence-corrected chi connectivity index (χ0v) is 9.98. The largest absolute Gasteiger partial charge is 0.478 e. The van der Waals surface area contributed by atoms with Crippen molar-refractivity contribution >= 4 is 14.1 Å². The van der Waals surface area contributed by atoms with Gasteiger partial charge in [-0.2, -0.15) is 0 Å². The molecular weight excluding hydrogens is 225 g/mol. The highest BCUT2D eigenvalue weighted by atomic mass is 31.2. The number of phosphoric acid groups is 1. The molecule has 0 saturated heterocycles. The van der Waals surface area contributed by atoms with E-state index in [0.29, 0.717) is 10.8 Å². The molecule has 1 atom stereocenters. The van der Waals surface area contributed by atoms with E-state index in [1.54, 1.807) is 21.1 Å². The van der Waals surface area contributed by atoms with Crippen molar-refractivity contribution in [3.63, 3.8) is 0 Å². The highest BCUT2D eigenvalue weighted by molar-refractivity contribution is 7.47. The van der Waals surface area contributed by atoms with Gasteiger partial charge in [0.05, 0.1) is 21.1 Å². The normalized spacial score (nSPS) is 16.0. The molecule has 0 fully saturated rings. The van der Waals surface area contributed by atoms with Crippen LogP contribution in [0, 0.1) is 0 Å². The van der Waals surface area contributed by atoms with Crippen molar-refractivity contribution in [1.29, 1.82) is 0 Å². The molecule has 0 aromatic carbocycles. The van der Waals surface area contributed by atoms with Crippen LogP contribution in [0.3, 0.4) is 0 Å². The van der Waals surface area contributed by atoms with E-state index in [4.69, 9.17) is 4.89 Å². The van der Waals surface area contributed by atoms with Crippen molar-refractivity contribution in [3.8, 4) is 0 Å². The molecule has 7 nitrogen and oxygen atoms in total. The predicted octanol–water partition coefficient (Wildman–Crippen LogP) is -0.0433. The van der Waals surface area contributed by atoms with E-state index in [1.807, 2.05) is 0 Å². The highest BCUT2D eigenvalue weighted by Gasteiger charge is 2.24. The summed E-state index contributed by atoms with van der Waals surface area (Å²) in [6.07, 6.45) is 0.512. The van der Waals surface area contributed by atoms with Gasteiger partial charge in [0.1, 0.15) is 12.9 Å². The predicted molar refractivity (Wildman–Crippen MR) is 51.8 cm³/mol. The Labute approximate surface area is 88.7 Å². The lowest BCUT2D eigenvalue weighted by Gasteiger charge is -2.24. The summed E-state index contributed by atoms with van der Waals surface area (Å²) in [5.41, 5.74) is 0. The quantitative estimate of drug-likeness (QED) is 0.211. The Morgan fingerprint density at radius 1 is 1.33 bits per heavy atom. The average molecular weight is 242 g/mol. The summed E-state index contributed by atoms with van der Waals surface area (Å²) in [5.74, 6) is 0. The third-order valence-corrected chi connectivity index (χ3v) is 1.97. The smallest absolute Gasteiger partial charge is 0.347 e. The van der Waals surface area contributed by atoms with Crippen LogP contribution in [0.5, 0.6) is 0 Å². The lowest BCUT2D eigenvalue weighted by molar-refractivity contribution is -0.887. The van der Waals surface area contributed by atoms with Gasteiger partial charge in [-0.15, -0.1) is 0 Å². The van der Waals surface area contributed by atoms with Crippen molar-refractivity contribution in [3.05, 3.63) is 0 Å². The van der Waals surface area contributed by atoms with E-state index in [1.165, 1.54) is 0 Å². The van der Waals surface area contributed by atoms with Crippen molar-refractivity contribution in [1.82, 2.24) is 0 Å². The van der Waals surface area contributed by atoms with E-state index in [2.05, 4.69) is 13.8 Å². The molecule has 0 aromatic heterocycles. The van der Waals surface area contributed by atoms with Gasteiger partial charge in [0.2, 0.25) is 0 Å². The summed E-state index contributed by atoms with van der Waals surface area (Å²) in [6, 6.07) is 0. The van der Waals surface area contributed by atoms with Crippen LogP contribution >= 0.6 is 7.82 Å². The zero-order valence-electron chi connectivity index (χ0n) is 9.08. The highest BCUT2D eigenvalue weighted by Crippen LogP contribution is 2.43. The molecule has 1 unspecified atom stereocenters. The molecule has 90 valence electrons. The summed E-state index contributed by atoms with van der Waals surface area (Å²) in [6.45, 7) is -0.611. The van der Waals surface area contributed by atoms with Gasteiger partial charge in [-0.25, -0.2) is 9.09 Å². The Kier molecular flexibility index (Phi) is 6.19. The van der Waals surface area contributed by atoms with Crippen LogP contribution in [-0.2, 0) is 23.1 Å². The average Bonchev–Trinajstić information content (AvgIpc) is 2.09. The number of hydrogen-bond acceptors (Lipinski definition) is 5. The molecule has 0 amide bonds. The van der Waals surface area contributed by atoms with E-state index in [9.17, 15) is 9.36 Å². The van der Waals surface area contributed by atoms with Gasteiger partial charge in [-0.3, -0.25) is 4.52 Å². The summed E-state index contributed by atoms with van der Waals surface area (Å²) < 4.78 is 25.2. The fraction of sp³-hybridized carbons (Fsp3) is 0.857. The third kappa shape index (κ3) is 9.99. The maximum absolute atomic E-state index is 11.2. The standard InChI is InChI=1S/C7H16NO6P/c1-8(2,3)6-13-15(10,11)14-7-12-5-4-9/h4H,5-7H2,1-3H3/p+1. The fourth-order valence-electron chi connectivity index (χ4n) is 0.484. The van der Waals surface area contributed by atoms with Gasteiger partial charge in [0.25, 0.3) is 0 Å². The number of rotatable bonds is 8. The van der Waals surface area contributed by atoms with E-state index >= 15 is 0 Å². The minimum absolute atomic E-state index is 0.0292. The van der Waals surface area contributed by atoms with Crippen molar-refractivity contribution in [2.75, 3.05) is 41.3 Å². The third-order valence-electron chi connectivity index (χ3n) is 1.09. The molecule has 0 radical (unpaired) electrons. The molecule has 0 bridgehead atoms. The lowest BCUT2D eigenvalue weighted by Crippen LogP contribution is -2.36. The Bertz CT molecular complexity index is 238. The van der Waals surface area contributed by atoms with Crippen LogP contribution in [-0.4, -0.2) is 56.9 Å². The van der Waals surface area contributed by atoms with Crippen LogP contribution < -0.4 is 0 Å². The minimum Gasteiger partial charge on any atom is -0.347 e. The summed E-state index contributed by atoms with van der Waals surface area (Å²) in [4.78, 5) is 19.0. The van der Waals surface area contributed by atoms with Gasteiger partial charge in [-0.05, 0) is 0 Å². The SMILES string of the molecule is C[N+](C)(C)COP(=O)(O)OCOCC=O. The number of aldehydes is 1. The summed E-state index contributed by atoms with van der Waals surface area (Å²) in [7, 11) is 1.30. The minimum atomic E-state index is -4.09. The number of ether oxygens (including phenoxy) is 1. The Morgan fingerprint density at radius 3 is 2.40 bits per heavy atom. The first kappa shape index (κ1) is 14.7. The second kappa shape index (κ2) is 6.32. The molecule has 0 aliphatic rings. The monoisotopic (exact) mass is 242 g/mol. The Morgan fingerprint density at radius 2 is 1.93 bits per heavy atom. The van der Waals surface area contributed by atoms with Gasteiger partial charge in [0.15, 0.2) is 13.5 Å². The van der Waals surface area contributed by atoms with Gasteiger partial charge in [0, 0.05) is 0 Å². The second-order valence-electron chi connectivity index (χ2n) is 3.80.